The molecule has 136 valence electrons. The zero-order valence-electron chi connectivity index (χ0n) is 15.6. The molecule has 0 heterocycles. The van der Waals surface area contributed by atoms with Crippen LogP contribution >= 0.6 is 0 Å². The quantitative estimate of drug-likeness (QED) is 0.567. The van der Waals surface area contributed by atoms with Gasteiger partial charge in [-0.05, 0) is 67.1 Å². The fraction of sp³-hybridized carbons (Fsp3) is 0.696. The number of rotatable bonds is 5. The van der Waals surface area contributed by atoms with Crippen LogP contribution in [0, 0.1) is 34.9 Å². The second-order valence-electron chi connectivity index (χ2n) is 8.44. The van der Waals surface area contributed by atoms with Gasteiger partial charge in [0, 0.05) is 0 Å². The molecule has 0 N–H and O–H groups in total. The molecule has 0 amide bonds. The molecule has 3 rings (SSSR count). The normalized spacial score (nSPS) is 30.0. The Hall–Kier alpha value is -1.36. The summed E-state index contributed by atoms with van der Waals surface area (Å²) in [5.74, 6) is 2.99. The van der Waals surface area contributed by atoms with Gasteiger partial charge in [-0.2, -0.15) is 5.26 Å². The van der Waals surface area contributed by atoms with Crippen LogP contribution in [0.2, 0.25) is 0 Å². The molecule has 2 heteroatoms. The Bertz CT molecular complexity index is 587. The summed E-state index contributed by atoms with van der Waals surface area (Å²) < 4.78 is 13.8. The van der Waals surface area contributed by atoms with E-state index in [2.05, 4.69) is 6.92 Å². The van der Waals surface area contributed by atoms with Crippen molar-refractivity contribution in [2.45, 2.75) is 83.5 Å². The van der Waals surface area contributed by atoms with Crippen molar-refractivity contribution < 1.29 is 4.39 Å². The lowest BCUT2D eigenvalue weighted by Crippen LogP contribution is -2.17. The van der Waals surface area contributed by atoms with Crippen LogP contribution in [-0.4, -0.2) is 0 Å². The van der Waals surface area contributed by atoms with Crippen molar-refractivity contribution in [2.24, 2.45) is 17.8 Å². The topological polar surface area (TPSA) is 23.8 Å². The summed E-state index contributed by atoms with van der Waals surface area (Å²) in [4.78, 5) is 0. The lowest BCUT2D eigenvalue weighted by atomic mass is 9.74. The predicted octanol–water partition coefficient (Wildman–Crippen LogP) is 6.97. The lowest BCUT2D eigenvalue weighted by Gasteiger charge is -2.32. The monoisotopic (exact) mass is 341 g/mol. The van der Waals surface area contributed by atoms with Gasteiger partial charge < -0.3 is 0 Å². The number of hydrogen-bond acceptors (Lipinski definition) is 1. The Balaban J connectivity index is 1.42. The van der Waals surface area contributed by atoms with Crippen LogP contribution in [0.15, 0.2) is 18.2 Å². The molecule has 0 unspecified atom stereocenters. The SMILES string of the molecule is CCC1CCC(CCC2CCC(c3ccc(C#N)c(F)c3)CC2)CC1. The molecule has 0 aromatic heterocycles. The minimum atomic E-state index is -0.357. The van der Waals surface area contributed by atoms with Gasteiger partial charge in [0.15, 0.2) is 0 Å². The van der Waals surface area contributed by atoms with E-state index in [9.17, 15) is 4.39 Å². The van der Waals surface area contributed by atoms with Crippen molar-refractivity contribution in [2.75, 3.05) is 0 Å². The zero-order valence-corrected chi connectivity index (χ0v) is 15.6. The minimum Gasteiger partial charge on any atom is -0.206 e. The van der Waals surface area contributed by atoms with Crippen LogP contribution in [0.5, 0.6) is 0 Å². The average molecular weight is 342 g/mol. The maximum atomic E-state index is 13.8. The number of halogens is 1. The van der Waals surface area contributed by atoms with Gasteiger partial charge in [-0.25, -0.2) is 4.39 Å². The number of nitriles is 1. The molecule has 0 atom stereocenters. The predicted molar refractivity (Wildman–Crippen MR) is 101 cm³/mol. The highest BCUT2D eigenvalue weighted by Gasteiger charge is 2.25. The zero-order chi connectivity index (χ0) is 17.6. The maximum absolute atomic E-state index is 13.8. The third-order valence-electron chi connectivity index (χ3n) is 6.96. The molecule has 0 bridgehead atoms. The van der Waals surface area contributed by atoms with Crippen molar-refractivity contribution >= 4 is 0 Å². The van der Waals surface area contributed by atoms with E-state index in [0.29, 0.717) is 5.92 Å². The van der Waals surface area contributed by atoms with Gasteiger partial charge in [0.2, 0.25) is 0 Å². The van der Waals surface area contributed by atoms with Gasteiger partial charge in [-0.15, -0.1) is 0 Å². The number of benzene rings is 1. The molecule has 25 heavy (non-hydrogen) atoms. The van der Waals surface area contributed by atoms with Crippen LogP contribution in [0.1, 0.15) is 94.6 Å². The van der Waals surface area contributed by atoms with E-state index in [1.165, 1.54) is 70.6 Å². The highest BCUT2D eigenvalue weighted by Crippen LogP contribution is 2.40. The lowest BCUT2D eigenvalue weighted by molar-refractivity contribution is 0.227. The highest BCUT2D eigenvalue weighted by atomic mass is 19.1. The summed E-state index contributed by atoms with van der Waals surface area (Å²) in [7, 11) is 0. The Morgan fingerprint density at radius 3 is 2.00 bits per heavy atom. The summed E-state index contributed by atoms with van der Waals surface area (Å²) in [6, 6.07) is 7.10. The van der Waals surface area contributed by atoms with Crippen LogP contribution in [-0.2, 0) is 0 Å². The van der Waals surface area contributed by atoms with Crippen LogP contribution < -0.4 is 0 Å². The van der Waals surface area contributed by atoms with E-state index >= 15 is 0 Å². The first-order chi connectivity index (χ1) is 12.2. The van der Waals surface area contributed by atoms with Gasteiger partial charge in [0.1, 0.15) is 11.9 Å². The summed E-state index contributed by atoms with van der Waals surface area (Å²) >= 11 is 0. The standard InChI is InChI=1S/C23H32FN/c1-2-17-3-5-18(6-4-17)7-8-19-9-11-20(12-10-19)21-13-14-22(16-25)23(24)15-21/h13-15,17-20H,2-12H2,1H3. The Labute approximate surface area is 152 Å². The first kappa shape index (κ1) is 18.4. The van der Waals surface area contributed by atoms with Gasteiger partial charge in [0.05, 0.1) is 5.56 Å². The third-order valence-corrected chi connectivity index (χ3v) is 6.96. The van der Waals surface area contributed by atoms with Gasteiger partial charge in [-0.1, -0.05) is 57.9 Å². The number of hydrogen-bond donors (Lipinski definition) is 0. The molecule has 1 aromatic rings. The summed E-state index contributed by atoms with van der Waals surface area (Å²) in [6.07, 6.45) is 15.0. The molecule has 2 fully saturated rings. The minimum absolute atomic E-state index is 0.162. The molecule has 0 saturated heterocycles. The van der Waals surface area contributed by atoms with E-state index in [4.69, 9.17) is 5.26 Å². The molecule has 2 saturated carbocycles. The largest absolute Gasteiger partial charge is 0.206 e. The smallest absolute Gasteiger partial charge is 0.141 e. The Morgan fingerprint density at radius 1 is 0.920 bits per heavy atom. The highest BCUT2D eigenvalue weighted by molar-refractivity contribution is 5.34. The molecule has 0 radical (unpaired) electrons. The average Bonchev–Trinajstić information content (AvgIpc) is 2.67. The first-order valence-corrected chi connectivity index (χ1v) is 10.4. The van der Waals surface area contributed by atoms with Crippen LogP contribution in [0.3, 0.4) is 0 Å². The Kier molecular flexibility index (Phi) is 6.51. The van der Waals surface area contributed by atoms with Crippen molar-refractivity contribution in [1.82, 2.24) is 0 Å². The molecule has 0 aliphatic heterocycles. The number of nitrogens with zero attached hydrogens (tertiary/aromatic N) is 1. The van der Waals surface area contributed by atoms with Gasteiger partial charge >= 0.3 is 0 Å². The fourth-order valence-electron chi connectivity index (χ4n) is 5.06. The van der Waals surface area contributed by atoms with E-state index in [1.54, 1.807) is 12.1 Å². The van der Waals surface area contributed by atoms with Crippen LogP contribution in [0.25, 0.3) is 0 Å². The van der Waals surface area contributed by atoms with Crippen molar-refractivity contribution in [3.05, 3.63) is 35.1 Å². The van der Waals surface area contributed by atoms with Crippen LogP contribution in [0.4, 0.5) is 4.39 Å². The van der Waals surface area contributed by atoms with E-state index in [0.717, 1.165) is 23.3 Å². The third kappa shape index (κ3) is 4.84. The van der Waals surface area contributed by atoms with Crippen molar-refractivity contribution in [3.63, 3.8) is 0 Å². The fourth-order valence-corrected chi connectivity index (χ4v) is 5.06. The summed E-state index contributed by atoms with van der Waals surface area (Å²) in [5, 5.41) is 8.86. The van der Waals surface area contributed by atoms with E-state index < -0.39 is 0 Å². The first-order valence-electron chi connectivity index (χ1n) is 10.4. The van der Waals surface area contributed by atoms with Crippen molar-refractivity contribution in [1.29, 1.82) is 5.26 Å². The molecule has 1 nitrogen and oxygen atoms in total. The van der Waals surface area contributed by atoms with E-state index in [1.807, 2.05) is 12.1 Å². The molecule has 0 spiro atoms. The Morgan fingerprint density at radius 2 is 1.48 bits per heavy atom. The second kappa shape index (κ2) is 8.84. The molecular weight excluding hydrogens is 309 g/mol. The summed E-state index contributed by atoms with van der Waals surface area (Å²) in [5.41, 5.74) is 1.25. The molecule has 2 aliphatic carbocycles. The van der Waals surface area contributed by atoms with E-state index in [-0.39, 0.29) is 11.4 Å². The molecule has 2 aliphatic rings. The van der Waals surface area contributed by atoms with Gasteiger partial charge in [-0.3, -0.25) is 0 Å². The van der Waals surface area contributed by atoms with Crippen molar-refractivity contribution in [3.8, 4) is 6.07 Å². The van der Waals surface area contributed by atoms with Gasteiger partial charge in [0.25, 0.3) is 0 Å². The molecule has 1 aromatic carbocycles. The maximum Gasteiger partial charge on any atom is 0.141 e. The summed E-state index contributed by atoms with van der Waals surface area (Å²) in [6.45, 7) is 2.34. The second-order valence-corrected chi connectivity index (χ2v) is 8.44. The molecular formula is C23H32FN.